The third-order valence-electron chi connectivity index (χ3n) is 3.89. The van der Waals surface area contributed by atoms with Crippen LogP contribution in [0.3, 0.4) is 0 Å². The van der Waals surface area contributed by atoms with Crippen molar-refractivity contribution in [3.8, 4) is 0 Å². The van der Waals surface area contributed by atoms with E-state index >= 15 is 0 Å². The van der Waals surface area contributed by atoms with Gasteiger partial charge in [0.25, 0.3) is 5.91 Å². The maximum atomic E-state index is 13.1. The lowest BCUT2D eigenvalue weighted by Gasteiger charge is -2.07. The molecule has 1 aliphatic heterocycles. The summed E-state index contributed by atoms with van der Waals surface area (Å²) in [6.07, 6.45) is -0.915. The van der Waals surface area contributed by atoms with Gasteiger partial charge in [-0.1, -0.05) is 11.6 Å². The first-order chi connectivity index (χ1) is 12.7. The summed E-state index contributed by atoms with van der Waals surface area (Å²) in [6.45, 7) is 3.40. The fourth-order valence-electron chi connectivity index (χ4n) is 2.60. The number of esters is 2. The molecule has 0 aliphatic carbocycles. The van der Waals surface area contributed by atoms with Crippen LogP contribution in [0.25, 0.3) is 0 Å². The molecule has 0 saturated carbocycles. The van der Waals surface area contributed by atoms with Crippen molar-refractivity contribution >= 4 is 45.8 Å². The van der Waals surface area contributed by atoms with Gasteiger partial charge in [-0.25, -0.2) is 14.0 Å². The zero-order chi connectivity index (χ0) is 19.7. The van der Waals surface area contributed by atoms with Crippen molar-refractivity contribution in [1.29, 1.82) is 0 Å². The highest BCUT2D eigenvalue weighted by Crippen LogP contribution is 2.30. The Hall–Kier alpha value is -2.45. The number of rotatable bonds is 4. The van der Waals surface area contributed by atoms with Crippen LogP contribution in [0.1, 0.15) is 38.9 Å². The molecule has 9 heteroatoms. The molecule has 2 atom stereocenters. The smallest absolute Gasteiger partial charge is 0.349 e. The molecule has 6 nitrogen and oxygen atoms in total. The maximum absolute atomic E-state index is 13.1. The molecule has 3 rings (SSSR count). The van der Waals surface area contributed by atoms with E-state index in [4.69, 9.17) is 21.1 Å². The predicted octanol–water partition coefficient (Wildman–Crippen LogP) is 3.96. The Kier molecular flexibility index (Phi) is 5.48. The normalized spacial score (nSPS) is 18.9. The Morgan fingerprint density at radius 2 is 2.11 bits per heavy atom. The summed E-state index contributed by atoms with van der Waals surface area (Å²) >= 11 is 6.89. The number of amides is 1. The van der Waals surface area contributed by atoms with Crippen LogP contribution in [0.2, 0.25) is 5.02 Å². The van der Waals surface area contributed by atoms with Gasteiger partial charge in [-0.15, -0.1) is 11.3 Å². The van der Waals surface area contributed by atoms with Gasteiger partial charge in [-0.3, -0.25) is 4.79 Å². The molecule has 0 unspecified atom stereocenters. The molecule has 1 amide bonds. The van der Waals surface area contributed by atoms with Crippen LogP contribution < -0.4 is 5.32 Å². The molecule has 2 heterocycles. The van der Waals surface area contributed by atoms with E-state index in [0.717, 1.165) is 23.5 Å². The van der Waals surface area contributed by atoms with E-state index in [9.17, 15) is 18.8 Å². The molecule has 0 spiro atoms. The van der Waals surface area contributed by atoms with Crippen molar-refractivity contribution in [3.05, 3.63) is 51.1 Å². The predicted molar refractivity (Wildman–Crippen MR) is 97.8 cm³/mol. The first-order valence-electron chi connectivity index (χ1n) is 8.03. The Labute approximate surface area is 163 Å². The topological polar surface area (TPSA) is 81.7 Å². The van der Waals surface area contributed by atoms with Gasteiger partial charge < -0.3 is 14.8 Å². The van der Waals surface area contributed by atoms with E-state index < -0.39 is 29.8 Å². The molecular formula is C18H15ClFNO5S. The van der Waals surface area contributed by atoms with E-state index in [1.165, 1.54) is 6.07 Å². The van der Waals surface area contributed by atoms with Gasteiger partial charge in [0.15, 0.2) is 0 Å². The molecule has 1 aromatic heterocycles. The van der Waals surface area contributed by atoms with Gasteiger partial charge in [-0.2, -0.15) is 0 Å². The van der Waals surface area contributed by atoms with Gasteiger partial charge in [0.05, 0.1) is 15.6 Å². The van der Waals surface area contributed by atoms with Crippen molar-refractivity contribution < 1.29 is 28.2 Å². The van der Waals surface area contributed by atoms with Crippen molar-refractivity contribution in [2.45, 2.75) is 32.5 Å². The average Bonchev–Trinajstić information content (AvgIpc) is 3.08. The average molecular weight is 412 g/mol. The lowest BCUT2D eigenvalue weighted by molar-refractivity contribution is -0.147. The van der Waals surface area contributed by atoms with Crippen LogP contribution in [-0.4, -0.2) is 30.1 Å². The van der Waals surface area contributed by atoms with Crippen LogP contribution in [-0.2, 0) is 14.3 Å². The van der Waals surface area contributed by atoms with Gasteiger partial charge in [0.2, 0.25) is 6.10 Å². The summed E-state index contributed by atoms with van der Waals surface area (Å²) < 4.78 is 23.3. The van der Waals surface area contributed by atoms with E-state index in [0.29, 0.717) is 17.0 Å². The second-order valence-electron chi connectivity index (χ2n) is 6.08. The van der Waals surface area contributed by atoms with Gasteiger partial charge >= 0.3 is 11.9 Å². The van der Waals surface area contributed by atoms with Crippen LogP contribution in [0.15, 0.2) is 24.3 Å². The van der Waals surface area contributed by atoms with Crippen LogP contribution in [0.5, 0.6) is 0 Å². The number of thiophene rings is 1. The first kappa shape index (κ1) is 19.3. The maximum Gasteiger partial charge on any atom is 0.349 e. The quantitative estimate of drug-likeness (QED) is 0.770. The number of benzene rings is 1. The second kappa shape index (κ2) is 7.66. The highest BCUT2D eigenvalue weighted by molar-refractivity contribution is 7.18. The van der Waals surface area contributed by atoms with Crippen molar-refractivity contribution in [3.63, 3.8) is 0 Å². The van der Waals surface area contributed by atoms with E-state index in [1.54, 1.807) is 19.9 Å². The van der Waals surface area contributed by atoms with Crippen LogP contribution in [0, 0.1) is 12.7 Å². The SMILES string of the molecule is Cc1cc(NC(=O)c2ccc(F)cc2Cl)sc1C(=O)O[C@@H]1C[C@@H](C)OC1=O. The fourth-order valence-corrected chi connectivity index (χ4v) is 3.80. The third kappa shape index (κ3) is 4.28. The molecular weight excluding hydrogens is 397 g/mol. The molecule has 0 bridgehead atoms. The standard InChI is InChI=1S/C18H15ClFNO5S/c1-8-5-14(21-16(22)11-4-3-10(20)7-12(11)19)27-15(8)18(24)26-13-6-9(2)25-17(13)23/h3-5,7,9,13H,6H2,1-2H3,(H,21,22)/t9-,13-/m1/s1. The summed E-state index contributed by atoms with van der Waals surface area (Å²) in [4.78, 5) is 36.5. The van der Waals surface area contributed by atoms with Crippen LogP contribution in [0.4, 0.5) is 9.39 Å². The highest BCUT2D eigenvalue weighted by atomic mass is 35.5. The van der Waals surface area contributed by atoms with Crippen molar-refractivity contribution in [2.75, 3.05) is 5.32 Å². The number of ether oxygens (including phenoxy) is 2. The molecule has 0 radical (unpaired) electrons. The minimum absolute atomic E-state index is 0.0192. The van der Waals surface area contributed by atoms with Gasteiger partial charge in [0.1, 0.15) is 16.8 Å². The van der Waals surface area contributed by atoms with Crippen LogP contribution >= 0.6 is 22.9 Å². The monoisotopic (exact) mass is 411 g/mol. The number of hydrogen-bond donors (Lipinski definition) is 1. The number of halogens is 2. The lowest BCUT2D eigenvalue weighted by atomic mass is 10.2. The number of cyclic esters (lactones) is 1. The number of carbonyl (C=O) groups excluding carboxylic acids is 3. The molecule has 1 N–H and O–H groups in total. The first-order valence-corrected chi connectivity index (χ1v) is 9.22. The number of aryl methyl sites for hydroxylation is 1. The zero-order valence-electron chi connectivity index (χ0n) is 14.4. The van der Waals surface area contributed by atoms with Gasteiger partial charge in [-0.05, 0) is 43.7 Å². The Bertz CT molecular complexity index is 928. The number of anilines is 1. The molecule has 2 aromatic rings. The molecule has 1 fully saturated rings. The molecule has 27 heavy (non-hydrogen) atoms. The Morgan fingerprint density at radius 1 is 1.37 bits per heavy atom. The second-order valence-corrected chi connectivity index (χ2v) is 7.54. The van der Waals surface area contributed by atoms with Gasteiger partial charge in [0, 0.05) is 6.42 Å². The minimum atomic E-state index is -0.926. The Morgan fingerprint density at radius 3 is 2.74 bits per heavy atom. The Balaban J connectivity index is 1.71. The van der Waals surface area contributed by atoms with Crippen molar-refractivity contribution in [1.82, 2.24) is 0 Å². The third-order valence-corrected chi connectivity index (χ3v) is 5.34. The minimum Gasteiger partial charge on any atom is -0.460 e. The van der Waals surface area contributed by atoms with E-state index in [-0.39, 0.29) is 21.6 Å². The summed E-state index contributed by atoms with van der Waals surface area (Å²) in [5.74, 6) is -2.30. The highest BCUT2D eigenvalue weighted by Gasteiger charge is 2.35. The fraction of sp³-hybridized carbons (Fsp3) is 0.278. The number of carbonyl (C=O) groups is 3. The summed E-state index contributed by atoms with van der Waals surface area (Å²) in [5.41, 5.74) is 0.695. The number of nitrogens with one attached hydrogen (secondary N) is 1. The zero-order valence-corrected chi connectivity index (χ0v) is 15.9. The summed E-state index contributed by atoms with van der Waals surface area (Å²) in [5, 5.41) is 2.99. The largest absolute Gasteiger partial charge is 0.460 e. The molecule has 142 valence electrons. The molecule has 1 aromatic carbocycles. The molecule has 1 aliphatic rings. The number of hydrogen-bond acceptors (Lipinski definition) is 6. The lowest BCUT2D eigenvalue weighted by Crippen LogP contribution is -2.22. The molecule has 1 saturated heterocycles. The van der Waals surface area contributed by atoms with Crippen molar-refractivity contribution in [2.24, 2.45) is 0 Å². The van der Waals surface area contributed by atoms with E-state index in [2.05, 4.69) is 5.32 Å². The summed E-state index contributed by atoms with van der Waals surface area (Å²) in [6, 6.07) is 5.05. The van der Waals surface area contributed by atoms with E-state index in [1.807, 2.05) is 0 Å². The summed E-state index contributed by atoms with van der Waals surface area (Å²) in [7, 11) is 0.